The fourth-order valence-corrected chi connectivity index (χ4v) is 2.91. The number of hydrogen-bond acceptors (Lipinski definition) is 6. The fourth-order valence-electron chi connectivity index (χ4n) is 2.08. The molecule has 2 amide bonds. The van der Waals surface area contributed by atoms with Crippen molar-refractivity contribution in [3.8, 4) is 11.5 Å². The summed E-state index contributed by atoms with van der Waals surface area (Å²) in [5, 5.41) is 8.18. The zero-order valence-corrected chi connectivity index (χ0v) is 14.3. The number of ether oxygens (including phenoxy) is 2. The number of carbonyl (C=O) groups excluding carboxylic acids is 2. The third-order valence-electron chi connectivity index (χ3n) is 3.04. The minimum atomic E-state index is -1.25. The summed E-state index contributed by atoms with van der Waals surface area (Å²) in [5.41, 5.74) is 0.573. The fraction of sp³-hybridized carbons (Fsp3) is 0.312. The molecular weight excluding hydrogens is 334 g/mol. The number of imide groups is 1. The zero-order valence-electron chi connectivity index (χ0n) is 13.4. The highest BCUT2D eigenvalue weighted by Gasteiger charge is 2.36. The van der Waals surface area contributed by atoms with Gasteiger partial charge in [0.1, 0.15) is 6.54 Å². The van der Waals surface area contributed by atoms with Gasteiger partial charge in [-0.25, -0.2) is 0 Å². The van der Waals surface area contributed by atoms with Gasteiger partial charge in [-0.05, 0) is 37.8 Å². The van der Waals surface area contributed by atoms with Crippen LogP contribution in [0.25, 0.3) is 6.08 Å². The molecule has 1 saturated heterocycles. The average Bonchev–Trinajstić information content (AvgIpc) is 2.75. The molecule has 0 aromatic heterocycles. The van der Waals surface area contributed by atoms with E-state index in [1.54, 1.807) is 18.2 Å². The first-order valence-corrected chi connectivity index (χ1v) is 7.96. The molecule has 1 N–H and O–H groups in total. The average molecular weight is 351 g/mol. The van der Waals surface area contributed by atoms with E-state index in [-0.39, 0.29) is 11.0 Å². The summed E-state index contributed by atoms with van der Waals surface area (Å²) >= 11 is 0.698. The number of carboxylic acid groups (broad SMARTS) is 1. The number of rotatable bonds is 6. The molecule has 0 radical (unpaired) electrons. The van der Waals surface area contributed by atoms with E-state index in [9.17, 15) is 14.4 Å². The number of amides is 2. The van der Waals surface area contributed by atoms with Gasteiger partial charge in [0.25, 0.3) is 11.1 Å². The molecule has 0 saturated carbocycles. The first-order valence-electron chi connectivity index (χ1n) is 7.14. The lowest BCUT2D eigenvalue weighted by atomic mass is 10.1. The normalized spacial score (nSPS) is 16.2. The standard InChI is InChI=1S/C16H17NO6S/c1-9(2)23-14-10(5-4-6-11(14)22-3)7-12-15(20)17(8-13(18)19)16(21)24-12/h4-7,9H,8H2,1-3H3,(H,18,19)/b12-7-. The minimum absolute atomic E-state index is 0.115. The molecular formula is C16H17NO6S. The second kappa shape index (κ2) is 7.39. The van der Waals surface area contributed by atoms with Crippen molar-refractivity contribution >= 4 is 35.0 Å². The predicted molar refractivity (Wildman–Crippen MR) is 89.1 cm³/mol. The Morgan fingerprint density at radius 3 is 2.67 bits per heavy atom. The molecule has 0 aliphatic carbocycles. The van der Waals surface area contributed by atoms with Crippen LogP contribution in [0.1, 0.15) is 19.4 Å². The van der Waals surface area contributed by atoms with Crippen molar-refractivity contribution in [2.75, 3.05) is 13.7 Å². The van der Waals surface area contributed by atoms with Crippen LogP contribution in [-0.4, -0.2) is 46.9 Å². The maximum Gasteiger partial charge on any atom is 0.323 e. The molecule has 0 unspecified atom stereocenters. The van der Waals surface area contributed by atoms with Gasteiger partial charge in [-0.1, -0.05) is 12.1 Å². The highest BCUT2D eigenvalue weighted by molar-refractivity contribution is 8.18. The van der Waals surface area contributed by atoms with E-state index in [4.69, 9.17) is 14.6 Å². The smallest absolute Gasteiger partial charge is 0.323 e. The van der Waals surface area contributed by atoms with Crippen LogP contribution in [0.3, 0.4) is 0 Å². The maximum absolute atomic E-state index is 12.2. The molecule has 1 aliphatic rings. The third kappa shape index (κ3) is 3.88. The summed E-state index contributed by atoms with van der Waals surface area (Å²) in [6, 6.07) is 5.19. The molecule has 0 spiro atoms. The summed E-state index contributed by atoms with van der Waals surface area (Å²) < 4.78 is 11.0. The molecule has 24 heavy (non-hydrogen) atoms. The maximum atomic E-state index is 12.2. The molecule has 2 rings (SSSR count). The van der Waals surface area contributed by atoms with Gasteiger partial charge in [0, 0.05) is 5.56 Å². The van der Waals surface area contributed by atoms with Crippen LogP contribution in [0.4, 0.5) is 4.79 Å². The van der Waals surface area contributed by atoms with Crippen molar-refractivity contribution in [3.05, 3.63) is 28.7 Å². The lowest BCUT2D eigenvalue weighted by molar-refractivity contribution is -0.140. The van der Waals surface area contributed by atoms with Crippen LogP contribution < -0.4 is 9.47 Å². The Morgan fingerprint density at radius 1 is 1.38 bits per heavy atom. The summed E-state index contributed by atoms with van der Waals surface area (Å²) in [6.45, 7) is 3.06. The monoisotopic (exact) mass is 351 g/mol. The topological polar surface area (TPSA) is 93.1 Å². The number of benzene rings is 1. The lowest BCUT2D eigenvalue weighted by Gasteiger charge is -2.16. The van der Waals surface area contributed by atoms with Gasteiger partial charge in [0.15, 0.2) is 11.5 Å². The Hall–Kier alpha value is -2.48. The number of nitrogens with zero attached hydrogens (tertiary/aromatic N) is 1. The number of carboxylic acids is 1. The number of para-hydroxylation sites is 1. The van der Waals surface area contributed by atoms with E-state index in [1.807, 2.05) is 13.8 Å². The summed E-state index contributed by atoms with van der Waals surface area (Å²) in [7, 11) is 1.51. The van der Waals surface area contributed by atoms with Crippen molar-refractivity contribution in [1.82, 2.24) is 4.90 Å². The molecule has 1 fully saturated rings. The number of thioether (sulfide) groups is 1. The van der Waals surface area contributed by atoms with E-state index in [2.05, 4.69) is 0 Å². The third-order valence-corrected chi connectivity index (χ3v) is 3.94. The molecule has 128 valence electrons. The Kier molecular flexibility index (Phi) is 5.50. The van der Waals surface area contributed by atoms with Crippen molar-refractivity contribution in [3.63, 3.8) is 0 Å². The first kappa shape index (κ1) is 17.9. The SMILES string of the molecule is COc1cccc(/C=C2\SC(=O)N(CC(=O)O)C2=O)c1OC(C)C. The molecule has 0 bridgehead atoms. The number of methoxy groups -OCH3 is 1. The second-order valence-corrected chi connectivity index (χ2v) is 6.20. The molecule has 1 heterocycles. The highest BCUT2D eigenvalue weighted by atomic mass is 32.2. The van der Waals surface area contributed by atoms with Crippen LogP contribution >= 0.6 is 11.8 Å². The van der Waals surface area contributed by atoms with Gasteiger partial charge >= 0.3 is 5.97 Å². The summed E-state index contributed by atoms with van der Waals surface area (Å²) in [4.78, 5) is 35.6. The number of hydrogen-bond donors (Lipinski definition) is 1. The van der Waals surface area contributed by atoms with Gasteiger partial charge < -0.3 is 14.6 Å². The predicted octanol–water partition coefficient (Wildman–Crippen LogP) is 2.60. The van der Waals surface area contributed by atoms with Gasteiger partial charge in [-0.3, -0.25) is 19.3 Å². The van der Waals surface area contributed by atoms with Gasteiger partial charge in [-0.2, -0.15) is 0 Å². The number of aliphatic carboxylic acids is 1. The Labute approximate surface area is 143 Å². The van der Waals surface area contributed by atoms with Crippen LogP contribution in [0.2, 0.25) is 0 Å². The van der Waals surface area contributed by atoms with E-state index in [0.717, 1.165) is 0 Å². The largest absolute Gasteiger partial charge is 0.493 e. The Bertz CT molecular complexity index is 713. The van der Waals surface area contributed by atoms with Gasteiger partial charge in [-0.15, -0.1) is 0 Å². The van der Waals surface area contributed by atoms with Gasteiger partial charge in [0.05, 0.1) is 18.1 Å². The summed E-state index contributed by atoms with van der Waals surface area (Å²) in [5.74, 6) is -0.920. The van der Waals surface area contributed by atoms with Crippen molar-refractivity contribution in [2.24, 2.45) is 0 Å². The zero-order chi connectivity index (χ0) is 17.9. The quantitative estimate of drug-likeness (QED) is 0.787. The van der Waals surface area contributed by atoms with E-state index < -0.39 is 23.7 Å². The molecule has 0 atom stereocenters. The lowest BCUT2D eigenvalue weighted by Crippen LogP contribution is -2.33. The highest BCUT2D eigenvalue weighted by Crippen LogP contribution is 2.37. The molecule has 8 heteroatoms. The van der Waals surface area contributed by atoms with Crippen LogP contribution in [0, 0.1) is 0 Å². The van der Waals surface area contributed by atoms with Crippen molar-refractivity contribution in [1.29, 1.82) is 0 Å². The Morgan fingerprint density at radius 2 is 2.08 bits per heavy atom. The molecule has 7 nitrogen and oxygen atoms in total. The molecule has 1 aliphatic heterocycles. The van der Waals surface area contributed by atoms with E-state index >= 15 is 0 Å². The van der Waals surface area contributed by atoms with E-state index in [0.29, 0.717) is 33.7 Å². The Balaban J connectivity index is 2.39. The first-order chi connectivity index (χ1) is 11.3. The number of carbonyl (C=O) groups is 3. The van der Waals surface area contributed by atoms with E-state index in [1.165, 1.54) is 13.2 Å². The van der Waals surface area contributed by atoms with Crippen LogP contribution in [0.5, 0.6) is 11.5 Å². The molecule has 1 aromatic carbocycles. The summed E-state index contributed by atoms with van der Waals surface area (Å²) in [6.07, 6.45) is 1.39. The van der Waals surface area contributed by atoms with Crippen LogP contribution in [-0.2, 0) is 9.59 Å². The second-order valence-electron chi connectivity index (χ2n) is 5.21. The van der Waals surface area contributed by atoms with Crippen molar-refractivity contribution < 1.29 is 29.0 Å². The minimum Gasteiger partial charge on any atom is -0.493 e. The van der Waals surface area contributed by atoms with Crippen molar-refractivity contribution in [2.45, 2.75) is 20.0 Å². The van der Waals surface area contributed by atoms with Crippen LogP contribution in [0.15, 0.2) is 23.1 Å². The molecule has 1 aromatic rings. The van der Waals surface area contributed by atoms with Gasteiger partial charge in [0.2, 0.25) is 0 Å².